The molecule has 0 aromatic heterocycles. The number of nitrogens with two attached hydrogens (primary N) is 1. The number of hydrogen-bond donors (Lipinski definition) is 2. The average Bonchev–Trinajstić information content (AvgIpc) is 2.41. The standard InChI is InChI=1S/C14H15BrN2O2S/c15-13-5-7-14(8-6-13)17-20(18,19)10-12-3-1-11(9-16)2-4-12/h1-8,17H,9-10,16H2. The highest BCUT2D eigenvalue weighted by Crippen LogP contribution is 2.17. The van der Waals surface area contributed by atoms with Crippen molar-refractivity contribution in [3.63, 3.8) is 0 Å². The van der Waals surface area contributed by atoms with E-state index in [4.69, 9.17) is 5.73 Å². The Balaban J connectivity index is 2.08. The van der Waals surface area contributed by atoms with E-state index in [0.29, 0.717) is 12.2 Å². The number of rotatable bonds is 5. The summed E-state index contributed by atoms with van der Waals surface area (Å²) in [6, 6.07) is 14.2. The Morgan fingerprint density at radius 2 is 1.50 bits per heavy atom. The van der Waals surface area contributed by atoms with E-state index in [2.05, 4.69) is 20.7 Å². The smallest absolute Gasteiger partial charge is 0.236 e. The maximum absolute atomic E-state index is 12.1. The zero-order valence-electron chi connectivity index (χ0n) is 10.7. The van der Waals surface area contributed by atoms with Crippen LogP contribution < -0.4 is 10.5 Å². The van der Waals surface area contributed by atoms with Crippen LogP contribution in [0.5, 0.6) is 0 Å². The van der Waals surface area contributed by atoms with Gasteiger partial charge in [-0.05, 0) is 35.4 Å². The minimum Gasteiger partial charge on any atom is -0.326 e. The Morgan fingerprint density at radius 1 is 0.950 bits per heavy atom. The molecule has 0 saturated heterocycles. The van der Waals surface area contributed by atoms with E-state index in [9.17, 15) is 8.42 Å². The van der Waals surface area contributed by atoms with Gasteiger partial charge in [-0.3, -0.25) is 4.72 Å². The van der Waals surface area contributed by atoms with Gasteiger partial charge < -0.3 is 5.73 Å². The quantitative estimate of drug-likeness (QED) is 0.866. The van der Waals surface area contributed by atoms with E-state index >= 15 is 0 Å². The van der Waals surface area contributed by atoms with Crippen molar-refractivity contribution in [3.05, 3.63) is 64.1 Å². The van der Waals surface area contributed by atoms with Crippen molar-refractivity contribution in [1.29, 1.82) is 0 Å². The van der Waals surface area contributed by atoms with Crippen LogP contribution in [0, 0.1) is 0 Å². The fraction of sp³-hybridized carbons (Fsp3) is 0.143. The molecule has 0 aliphatic carbocycles. The zero-order chi connectivity index (χ0) is 14.6. The van der Waals surface area contributed by atoms with Gasteiger partial charge in [0, 0.05) is 16.7 Å². The molecule has 0 spiro atoms. The summed E-state index contributed by atoms with van der Waals surface area (Å²) in [6.07, 6.45) is 0. The van der Waals surface area contributed by atoms with Crippen molar-refractivity contribution >= 4 is 31.6 Å². The van der Waals surface area contributed by atoms with Gasteiger partial charge in [0.25, 0.3) is 0 Å². The molecular formula is C14H15BrN2O2S. The molecule has 6 heteroatoms. The fourth-order valence-electron chi connectivity index (χ4n) is 1.72. The third-order valence-electron chi connectivity index (χ3n) is 2.73. The van der Waals surface area contributed by atoms with Gasteiger partial charge in [-0.1, -0.05) is 40.2 Å². The maximum Gasteiger partial charge on any atom is 0.236 e. The van der Waals surface area contributed by atoms with Gasteiger partial charge >= 0.3 is 0 Å². The van der Waals surface area contributed by atoms with E-state index in [1.807, 2.05) is 12.1 Å². The molecule has 3 N–H and O–H groups in total. The first kappa shape index (κ1) is 15.0. The summed E-state index contributed by atoms with van der Waals surface area (Å²) in [6.45, 7) is 0.449. The monoisotopic (exact) mass is 354 g/mol. The van der Waals surface area contributed by atoms with E-state index in [1.165, 1.54) is 0 Å². The Morgan fingerprint density at radius 3 is 2.05 bits per heavy atom. The van der Waals surface area contributed by atoms with Crippen LogP contribution in [0.4, 0.5) is 5.69 Å². The van der Waals surface area contributed by atoms with E-state index in [0.717, 1.165) is 15.6 Å². The second-order valence-corrected chi connectivity index (χ2v) is 7.03. The minimum atomic E-state index is -3.42. The molecule has 0 heterocycles. The summed E-state index contributed by atoms with van der Waals surface area (Å²) in [5, 5.41) is 0. The molecule has 0 atom stereocenters. The molecule has 0 fully saturated rings. The van der Waals surface area contributed by atoms with Crippen molar-refractivity contribution in [2.24, 2.45) is 5.73 Å². The van der Waals surface area contributed by atoms with Gasteiger partial charge in [0.1, 0.15) is 0 Å². The van der Waals surface area contributed by atoms with Crippen LogP contribution in [0.15, 0.2) is 53.0 Å². The van der Waals surface area contributed by atoms with Crippen LogP contribution in [0.3, 0.4) is 0 Å². The second-order valence-electron chi connectivity index (χ2n) is 4.39. The molecule has 0 unspecified atom stereocenters. The number of hydrogen-bond acceptors (Lipinski definition) is 3. The molecule has 0 amide bonds. The van der Waals surface area contributed by atoms with Crippen LogP contribution in [-0.2, 0) is 22.3 Å². The van der Waals surface area contributed by atoms with Crippen LogP contribution in [0.2, 0.25) is 0 Å². The normalized spacial score (nSPS) is 11.3. The summed E-state index contributed by atoms with van der Waals surface area (Å²) in [7, 11) is -3.42. The molecule has 2 aromatic carbocycles. The zero-order valence-corrected chi connectivity index (χ0v) is 13.1. The molecule has 20 heavy (non-hydrogen) atoms. The predicted octanol–water partition coefficient (Wildman–Crippen LogP) is 2.85. The van der Waals surface area contributed by atoms with Gasteiger partial charge in [-0.15, -0.1) is 0 Å². The summed E-state index contributed by atoms with van der Waals surface area (Å²) in [4.78, 5) is 0. The Hall–Kier alpha value is -1.37. The molecule has 0 radical (unpaired) electrons. The number of halogens is 1. The number of nitrogens with one attached hydrogen (secondary N) is 1. The lowest BCUT2D eigenvalue weighted by Gasteiger charge is -2.08. The summed E-state index contributed by atoms with van der Waals surface area (Å²) < 4.78 is 27.6. The first-order valence-electron chi connectivity index (χ1n) is 6.02. The minimum absolute atomic E-state index is 0.0616. The topological polar surface area (TPSA) is 72.2 Å². The van der Waals surface area contributed by atoms with Crippen LogP contribution in [0.25, 0.3) is 0 Å². The highest BCUT2D eigenvalue weighted by molar-refractivity contribution is 9.10. The molecule has 2 rings (SSSR count). The third kappa shape index (κ3) is 4.33. The maximum atomic E-state index is 12.1. The van der Waals surface area contributed by atoms with Gasteiger partial charge in [0.15, 0.2) is 0 Å². The van der Waals surface area contributed by atoms with E-state index in [-0.39, 0.29) is 5.75 Å². The molecule has 106 valence electrons. The lowest BCUT2D eigenvalue weighted by Crippen LogP contribution is -2.15. The molecule has 0 aliphatic heterocycles. The van der Waals surface area contributed by atoms with Crippen molar-refractivity contribution < 1.29 is 8.42 Å². The Labute approximate surface area is 127 Å². The lowest BCUT2D eigenvalue weighted by molar-refractivity contribution is 0.600. The Kier molecular flexibility index (Phi) is 4.80. The lowest BCUT2D eigenvalue weighted by atomic mass is 10.1. The number of anilines is 1. The predicted molar refractivity (Wildman–Crippen MR) is 84.7 cm³/mol. The first-order chi connectivity index (χ1) is 9.48. The molecule has 0 aliphatic rings. The van der Waals surface area contributed by atoms with E-state index < -0.39 is 10.0 Å². The molecule has 2 aromatic rings. The molecule has 0 saturated carbocycles. The SMILES string of the molecule is NCc1ccc(CS(=O)(=O)Nc2ccc(Br)cc2)cc1. The summed E-state index contributed by atoms with van der Waals surface area (Å²) in [5.74, 6) is -0.0616. The van der Waals surface area contributed by atoms with Crippen LogP contribution in [0.1, 0.15) is 11.1 Å². The van der Waals surface area contributed by atoms with E-state index in [1.54, 1.807) is 36.4 Å². The van der Waals surface area contributed by atoms with Crippen molar-refractivity contribution in [2.75, 3.05) is 4.72 Å². The van der Waals surface area contributed by atoms with Gasteiger partial charge in [-0.25, -0.2) is 8.42 Å². The summed E-state index contributed by atoms with van der Waals surface area (Å²) >= 11 is 3.30. The van der Waals surface area contributed by atoms with Gasteiger partial charge in [0.2, 0.25) is 10.0 Å². The molecule has 4 nitrogen and oxygen atoms in total. The highest BCUT2D eigenvalue weighted by Gasteiger charge is 2.11. The fourth-order valence-corrected chi connectivity index (χ4v) is 3.19. The third-order valence-corrected chi connectivity index (χ3v) is 4.52. The number of sulfonamides is 1. The van der Waals surface area contributed by atoms with Crippen LogP contribution in [-0.4, -0.2) is 8.42 Å². The number of benzene rings is 2. The molecule has 0 bridgehead atoms. The van der Waals surface area contributed by atoms with Crippen molar-refractivity contribution in [1.82, 2.24) is 0 Å². The largest absolute Gasteiger partial charge is 0.326 e. The van der Waals surface area contributed by atoms with Crippen LogP contribution >= 0.6 is 15.9 Å². The van der Waals surface area contributed by atoms with Gasteiger partial charge in [-0.2, -0.15) is 0 Å². The summed E-state index contributed by atoms with van der Waals surface area (Å²) in [5.41, 5.74) is 7.76. The highest BCUT2D eigenvalue weighted by atomic mass is 79.9. The van der Waals surface area contributed by atoms with Crippen molar-refractivity contribution in [3.8, 4) is 0 Å². The second kappa shape index (κ2) is 6.39. The Bertz CT molecular complexity index is 667. The first-order valence-corrected chi connectivity index (χ1v) is 8.47. The van der Waals surface area contributed by atoms with Crippen molar-refractivity contribution in [2.45, 2.75) is 12.3 Å². The molecular weight excluding hydrogens is 340 g/mol. The van der Waals surface area contributed by atoms with Gasteiger partial charge in [0.05, 0.1) is 5.75 Å². The average molecular weight is 355 g/mol.